The molecule has 0 bridgehead atoms. The third-order valence-corrected chi connectivity index (χ3v) is 15.3. The first-order valence-corrected chi connectivity index (χ1v) is 26.8. The first-order valence-electron chi connectivity index (χ1n) is 31.8. The summed E-state index contributed by atoms with van der Waals surface area (Å²) in [5.41, 5.74) is 10.3. The van der Waals surface area contributed by atoms with Crippen LogP contribution in [-0.4, -0.2) is 18.7 Å². The Balaban J connectivity index is 1.03. The van der Waals surface area contributed by atoms with Gasteiger partial charge in [-0.2, -0.15) is 0 Å². The second-order valence-electron chi connectivity index (χ2n) is 22.3. The van der Waals surface area contributed by atoms with Gasteiger partial charge >= 0.3 is 0 Å². The number of para-hydroxylation sites is 4. The molecule has 0 saturated carbocycles. The number of fused-ring (bicyclic) bond motifs is 7. The van der Waals surface area contributed by atoms with Crippen LogP contribution >= 0.6 is 0 Å². The molecule has 0 saturated heterocycles. The molecule has 0 N–H and O–H groups in total. The molecule has 14 rings (SSSR count). The average Bonchev–Trinajstić information content (AvgIpc) is 1.54. The van der Waals surface area contributed by atoms with Crippen molar-refractivity contribution in [3.63, 3.8) is 0 Å². The van der Waals surface area contributed by atoms with Gasteiger partial charge in [0, 0.05) is 33.8 Å². The molecular formula is C74H59N5O. The number of hydrogen-bond donors (Lipinski definition) is 0. The fourth-order valence-electron chi connectivity index (χ4n) is 11.3. The minimum absolute atomic E-state index is 0.113. The minimum atomic E-state index is -0.579. The lowest BCUT2D eigenvalue weighted by molar-refractivity contribution is -0.571. The molecule has 4 aromatic heterocycles. The Morgan fingerprint density at radius 3 is 1.66 bits per heavy atom. The van der Waals surface area contributed by atoms with E-state index in [2.05, 4.69) is 160 Å². The van der Waals surface area contributed by atoms with Crippen LogP contribution in [0.3, 0.4) is 0 Å². The molecule has 80 heavy (non-hydrogen) atoms. The molecule has 0 aliphatic heterocycles. The largest absolute Gasteiger partial charge is 0.456 e. The fourth-order valence-corrected chi connectivity index (χ4v) is 11.3. The van der Waals surface area contributed by atoms with Gasteiger partial charge in [-0.05, 0) is 116 Å². The van der Waals surface area contributed by atoms with E-state index in [1.165, 1.54) is 0 Å². The third-order valence-electron chi connectivity index (χ3n) is 15.3. The summed E-state index contributed by atoms with van der Waals surface area (Å²) in [7, 11) is 0. The quantitative estimate of drug-likeness (QED) is 0.107. The molecule has 10 aromatic carbocycles. The van der Waals surface area contributed by atoms with E-state index in [4.69, 9.17) is 17.9 Å². The van der Waals surface area contributed by atoms with Crippen molar-refractivity contribution in [2.45, 2.75) is 52.4 Å². The van der Waals surface area contributed by atoms with E-state index >= 15 is 0 Å². The maximum Gasteiger partial charge on any atom is 0.269 e. The number of aromatic nitrogens is 5. The van der Waals surface area contributed by atoms with E-state index in [0.717, 1.165) is 77.4 Å². The molecule has 6 nitrogen and oxygen atoms in total. The van der Waals surface area contributed by atoms with Crippen LogP contribution in [0.1, 0.15) is 66.4 Å². The van der Waals surface area contributed by atoms with Crippen molar-refractivity contribution in [3.05, 3.63) is 266 Å². The highest BCUT2D eigenvalue weighted by Crippen LogP contribution is 2.44. The van der Waals surface area contributed by atoms with Crippen LogP contribution < -0.4 is 9.30 Å². The van der Waals surface area contributed by atoms with Gasteiger partial charge in [-0.3, -0.25) is 13.7 Å². The normalized spacial score (nSPS) is 13.9. The lowest BCUT2D eigenvalue weighted by atomic mass is 9.86. The number of ether oxygens (including phenoxy) is 1. The summed E-state index contributed by atoms with van der Waals surface area (Å²) in [6.07, 6.45) is 5.48. The van der Waals surface area contributed by atoms with Gasteiger partial charge in [0.15, 0.2) is 5.75 Å². The zero-order chi connectivity index (χ0) is 63.0. The number of imidazole rings is 1. The van der Waals surface area contributed by atoms with Crippen LogP contribution in [0, 0.1) is 6.33 Å². The summed E-state index contributed by atoms with van der Waals surface area (Å²) in [6.45, 7) is 13.1. The molecule has 6 heteroatoms. The topological polar surface area (TPSA) is 40.8 Å². The highest BCUT2D eigenvalue weighted by molar-refractivity contribution is 6.13. The van der Waals surface area contributed by atoms with Gasteiger partial charge < -0.3 is 9.30 Å². The lowest BCUT2D eigenvalue weighted by Gasteiger charge is -2.20. The minimum Gasteiger partial charge on any atom is -0.456 e. The first kappa shape index (κ1) is 38.7. The molecule has 0 radical (unpaired) electrons. The van der Waals surface area contributed by atoms with Gasteiger partial charge in [0.05, 0.1) is 63.9 Å². The van der Waals surface area contributed by atoms with Crippen LogP contribution in [0.15, 0.2) is 249 Å². The summed E-state index contributed by atoms with van der Waals surface area (Å²) >= 11 is 0. The Hall–Kier alpha value is -9.78. The number of benzene rings is 10. The average molecular weight is 1040 g/mol. The highest BCUT2D eigenvalue weighted by Gasteiger charge is 2.25. The highest BCUT2D eigenvalue weighted by atomic mass is 16.5. The van der Waals surface area contributed by atoms with Gasteiger partial charge in [0.2, 0.25) is 0 Å². The van der Waals surface area contributed by atoms with Crippen LogP contribution in [0.25, 0.3) is 111 Å². The second-order valence-corrected chi connectivity index (χ2v) is 22.3. The number of hydrogen-bond acceptors (Lipinski definition) is 2. The SMILES string of the molecule is [2H]c1c([2H])c([2H])c(-c2cccc(-c3c([2H])c([2H])c([2H])c([2H])c3[2H])c2-[n+]2[c-]n(-c3cccc(Oc4cc5c(cc4-n4c6ccccc6c6ccccc64)c4ccccc4n5-c4cc(C(C)(C)C)ccn4)c3)c3ccc(-c4ccc(C(C)(C)C)cc4)cc32)c([2H])c1[2H]. The Kier molecular flexibility index (Phi) is 9.19. The molecular weight excluding hydrogens is 975 g/mol. The van der Waals surface area contributed by atoms with Gasteiger partial charge in [0.1, 0.15) is 11.6 Å². The van der Waals surface area contributed by atoms with Crippen molar-refractivity contribution in [1.29, 1.82) is 0 Å². The van der Waals surface area contributed by atoms with E-state index in [1.807, 2.05) is 71.4 Å². The molecule has 0 aliphatic carbocycles. The predicted molar refractivity (Wildman–Crippen MR) is 330 cm³/mol. The summed E-state index contributed by atoms with van der Waals surface area (Å²) < 4.78 is 105. The van der Waals surface area contributed by atoms with Crippen molar-refractivity contribution < 1.29 is 23.0 Å². The summed E-state index contributed by atoms with van der Waals surface area (Å²) in [6, 6.07) is 55.1. The standard InChI is InChI=1S/C74H59N5O/c1-73(2,3)53-38-35-49(36-39-53)52-37-40-66-68(43-52)77(72-57(50-21-9-7-10-22-50)30-20-31-58(72)51-23-11-8-12-24-51)48-76(66)55-25-19-26-56(45-55)80-70-47-67-62(46-69(70)78-63-32-16-13-27-59(63)60-28-14-17-33-64(60)78)61-29-15-18-34-65(61)79(67)71-44-54(41-42-75-71)74(4,5)6/h7-47H,1-6H3/i7D,8D,9D,10D,11D,12D,21D,22D,23D,24D. The molecule has 0 atom stereocenters. The van der Waals surface area contributed by atoms with Crippen LogP contribution in [0.2, 0.25) is 0 Å². The smallest absolute Gasteiger partial charge is 0.269 e. The third kappa shape index (κ3) is 8.34. The molecule has 0 amide bonds. The number of nitrogens with zero attached hydrogens (tertiary/aromatic N) is 5. The van der Waals surface area contributed by atoms with Crippen LogP contribution in [0.4, 0.5) is 0 Å². The van der Waals surface area contributed by atoms with Gasteiger partial charge in [-0.15, -0.1) is 0 Å². The second kappa shape index (κ2) is 19.0. The predicted octanol–water partition coefficient (Wildman–Crippen LogP) is 18.7. The van der Waals surface area contributed by atoms with E-state index in [9.17, 15) is 5.48 Å². The molecule has 4 heterocycles. The Morgan fingerprint density at radius 2 is 1.04 bits per heavy atom. The van der Waals surface area contributed by atoms with E-state index in [0.29, 0.717) is 28.2 Å². The Bertz CT molecular complexity index is 5120. The first-order chi connectivity index (χ1) is 43.1. The zero-order valence-electron chi connectivity index (χ0n) is 55.0. The zero-order valence-corrected chi connectivity index (χ0v) is 45.0. The molecule has 14 aromatic rings. The van der Waals surface area contributed by atoms with Crippen molar-refractivity contribution in [1.82, 2.24) is 18.7 Å². The van der Waals surface area contributed by atoms with Crippen molar-refractivity contribution in [3.8, 4) is 67.8 Å². The van der Waals surface area contributed by atoms with Gasteiger partial charge in [-0.25, -0.2) is 4.98 Å². The summed E-state index contributed by atoms with van der Waals surface area (Å²) in [5.74, 6) is 1.79. The van der Waals surface area contributed by atoms with Crippen molar-refractivity contribution in [2.75, 3.05) is 0 Å². The van der Waals surface area contributed by atoms with Crippen LogP contribution in [-0.2, 0) is 10.8 Å². The maximum absolute atomic E-state index is 9.34. The van der Waals surface area contributed by atoms with E-state index in [1.54, 1.807) is 22.8 Å². The molecule has 0 spiro atoms. The molecule has 0 fully saturated rings. The van der Waals surface area contributed by atoms with E-state index in [-0.39, 0.29) is 38.8 Å². The molecule has 386 valence electrons. The monoisotopic (exact) mass is 1040 g/mol. The Labute approximate surface area is 480 Å². The van der Waals surface area contributed by atoms with E-state index < -0.39 is 60.4 Å². The van der Waals surface area contributed by atoms with Crippen molar-refractivity contribution >= 4 is 54.6 Å². The summed E-state index contributed by atoms with van der Waals surface area (Å²) in [5, 5.41) is 4.22. The number of pyridine rings is 1. The molecule has 0 unspecified atom stereocenters. The summed E-state index contributed by atoms with van der Waals surface area (Å²) in [4.78, 5) is 5.00. The maximum atomic E-state index is 9.34. The molecule has 0 aliphatic rings. The Morgan fingerprint density at radius 1 is 0.463 bits per heavy atom. The van der Waals surface area contributed by atoms with Crippen LogP contribution in [0.5, 0.6) is 11.5 Å². The number of rotatable bonds is 9. The lowest BCUT2D eigenvalue weighted by Crippen LogP contribution is -2.31. The van der Waals surface area contributed by atoms with Crippen molar-refractivity contribution in [2.24, 2.45) is 0 Å². The van der Waals surface area contributed by atoms with Gasteiger partial charge in [-0.1, -0.05) is 217 Å². The fraction of sp³-hybridized carbons (Fsp3) is 0.108. The van der Waals surface area contributed by atoms with Gasteiger partial charge in [0.25, 0.3) is 6.33 Å².